The Morgan fingerprint density at radius 2 is 2.14 bits per heavy atom. The lowest BCUT2D eigenvalue weighted by molar-refractivity contribution is 0.978. The van der Waals surface area contributed by atoms with Gasteiger partial charge in [0.05, 0.1) is 11.4 Å². The number of pyridine rings is 1. The molecule has 1 heterocycles. The molecule has 0 bridgehead atoms. The van der Waals surface area contributed by atoms with Crippen molar-refractivity contribution in [3.8, 4) is 0 Å². The predicted molar refractivity (Wildman–Crippen MR) is 63.6 cm³/mol. The molecule has 0 fully saturated rings. The molecule has 0 spiro atoms. The summed E-state index contributed by atoms with van der Waals surface area (Å²) in [4.78, 5) is 4.34. The van der Waals surface area contributed by atoms with Crippen LogP contribution in [0.15, 0.2) is 12.1 Å². The van der Waals surface area contributed by atoms with E-state index in [9.17, 15) is 0 Å². The summed E-state index contributed by atoms with van der Waals surface area (Å²) in [7, 11) is 0. The second-order valence-corrected chi connectivity index (χ2v) is 3.48. The SMILES string of the molecule is CCNC(=S)Nc1ccc(C)nc1C. The van der Waals surface area contributed by atoms with E-state index >= 15 is 0 Å². The van der Waals surface area contributed by atoms with Crippen LogP contribution in [-0.2, 0) is 0 Å². The number of hydrogen-bond donors (Lipinski definition) is 2. The average Bonchev–Trinajstić information content (AvgIpc) is 2.10. The molecule has 0 radical (unpaired) electrons. The smallest absolute Gasteiger partial charge is 0.170 e. The molecular formula is C10H15N3S. The van der Waals surface area contributed by atoms with Gasteiger partial charge in [-0.1, -0.05) is 0 Å². The second-order valence-electron chi connectivity index (χ2n) is 3.07. The molecule has 0 aliphatic rings. The largest absolute Gasteiger partial charge is 0.363 e. The summed E-state index contributed by atoms with van der Waals surface area (Å²) in [5.41, 5.74) is 2.94. The lowest BCUT2D eigenvalue weighted by atomic mass is 10.3. The van der Waals surface area contributed by atoms with Gasteiger partial charge >= 0.3 is 0 Å². The zero-order chi connectivity index (χ0) is 10.6. The second kappa shape index (κ2) is 4.91. The Hall–Kier alpha value is -1.16. The van der Waals surface area contributed by atoms with E-state index in [0.29, 0.717) is 5.11 Å². The fourth-order valence-corrected chi connectivity index (χ4v) is 1.40. The zero-order valence-electron chi connectivity index (χ0n) is 8.72. The molecule has 0 unspecified atom stereocenters. The normalized spacial score (nSPS) is 9.64. The molecule has 0 atom stereocenters. The minimum Gasteiger partial charge on any atom is -0.363 e. The van der Waals surface area contributed by atoms with Gasteiger partial charge in [-0.3, -0.25) is 4.98 Å². The van der Waals surface area contributed by atoms with Crippen LogP contribution in [0, 0.1) is 13.8 Å². The van der Waals surface area contributed by atoms with Crippen LogP contribution >= 0.6 is 12.2 Å². The van der Waals surface area contributed by atoms with E-state index in [-0.39, 0.29) is 0 Å². The average molecular weight is 209 g/mol. The molecule has 0 aliphatic heterocycles. The molecule has 1 aromatic rings. The van der Waals surface area contributed by atoms with Crippen molar-refractivity contribution >= 4 is 23.0 Å². The van der Waals surface area contributed by atoms with Crippen LogP contribution in [0.25, 0.3) is 0 Å². The van der Waals surface area contributed by atoms with Gasteiger partial charge in [0.1, 0.15) is 0 Å². The number of aryl methyl sites for hydroxylation is 2. The van der Waals surface area contributed by atoms with Gasteiger partial charge in [-0.05, 0) is 45.1 Å². The zero-order valence-corrected chi connectivity index (χ0v) is 9.53. The molecule has 0 aromatic carbocycles. The van der Waals surface area contributed by atoms with E-state index in [4.69, 9.17) is 12.2 Å². The summed E-state index contributed by atoms with van der Waals surface area (Å²) >= 11 is 5.08. The number of rotatable bonds is 2. The first-order valence-corrected chi connectivity index (χ1v) is 5.03. The molecular weight excluding hydrogens is 194 g/mol. The van der Waals surface area contributed by atoms with Gasteiger partial charge in [0, 0.05) is 12.2 Å². The van der Waals surface area contributed by atoms with E-state index in [1.807, 2.05) is 32.9 Å². The lowest BCUT2D eigenvalue weighted by Gasteiger charge is -2.10. The van der Waals surface area contributed by atoms with Gasteiger partial charge in [-0.25, -0.2) is 0 Å². The summed E-state index contributed by atoms with van der Waals surface area (Å²) in [6.45, 7) is 6.77. The van der Waals surface area contributed by atoms with Gasteiger partial charge in [0.15, 0.2) is 5.11 Å². The molecule has 1 rings (SSSR count). The molecule has 14 heavy (non-hydrogen) atoms. The molecule has 3 nitrogen and oxygen atoms in total. The summed E-state index contributed by atoms with van der Waals surface area (Å²) in [5.74, 6) is 0. The Labute approximate surface area is 89.9 Å². The first-order valence-electron chi connectivity index (χ1n) is 4.62. The standard InChI is InChI=1S/C10H15N3S/c1-4-11-10(14)13-9-6-5-7(2)12-8(9)3/h5-6H,4H2,1-3H3,(H2,11,13,14). The van der Waals surface area contributed by atoms with Gasteiger partial charge < -0.3 is 10.6 Å². The topological polar surface area (TPSA) is 37.0 Å². The van der Waals surface area contributed by atoms with Crippen molar-refractivity contribution in [2.24, 2.45) is 0 Å². The highest BCUT2D eigenvalue weighted by Gasteiger charge is 2.00. The molecule has 0 amide bonds. The highest BCUT2D eigenvalue weighted by molar-refractivity contribution is 7.80. The number of aromatic nitrogens is 1. The van der Waals surface area contributed by atoms with Crippen LogP contribution in [0.2, 0.25) is 0 Å². The summed E-state index contributed by atoms with van der Waals surface area (Å²) in [6.07, 6.45) is 0. The van der Waals surface area contributed by atoms with Crippen LogP contribution in [0.4, 0.5) is 5.69 Å². The van der Waals surface area contributed by atoms with Crippen molar-refractivity contribution in [1.82, 2.24) is 10.3 Å². The fourth-order valence-electron chi connectivity index (χ4n) is 1.15. The molecule has 4 heteroatoms. The van der Waals surface area contributed by atoms with Crippen molar-refractivity contribution in [2.45, 2.75) is 20.8 Å². The van der Waals surface area contributed by atoms with Crippen molar-refractivity contribution in [3.05, 3.63) is 23.5 Å². The minimum absolute atomic E-state index is 0.640. The number of nitrogens with zero attached hydrogens (tertiary/aromatic N) is 1. The highest BCUT2D eigenvalue weighted by Crippen LogP contribution is 2.11. The first-order chi connectivity index (χ1) is 6.63. The van der Waals surface area contributed by atoms with Crippen LogP contribution in [0.1, 0.15) is 18.3 Å². The van der Waals surface area contributed by atoms with Crippen LogP contribution in [0.3, 0.4) is 0 Å². The van der Waals surface area contributed by atoms with Gasteiger partial charge in [0.2, 0.25) is 0 Å². The third-order valence-corrected chi connectivity index (χ3v) is 2.06. The van der Waals surface area contributed by atoms with Crippen molar-refractivity contribution in [2.75, 3.05) is 11.9 Å². The third-order valence-electron chi connectivity index (χ3n) is 1.81. The first kappa shape index (κ1) is 10.9. The Kier molecular flexibility index (Phi) is 3.83. The molecule has 0 saturated carbocycles. The van der Waals surface area contributed by atoms with Gasteiger partial charge in [-0.2, -0.15) is 0 Å². The van der Waals surface area contributed by atoms with E-state index in [1.54, 1.807) is 0 Å². The number of hydrogen-bond acceptors (Lipinski definition) is 2. The Bertz CT molecular complexity index is 336. The van der Waals surface area contributed by atoms with Crippen LogP contribution in [0.5, 0.6) is 0 Å². The van der Waals surface area contributed by atoms with Crippen molar-refractivity contribution < 1.29 is 0 Å². The summed E-state index contributed by atoms with van der Waals surface area (Å²) < 4.78 is 0. The maximum absolute atomic E-state index is 5.08. The molecule has 0 saturated heterocycles. The third kappa shape index (κ3) is 2.96. The number of thiocarbonyl (C=S) groups is 1. The van der Waals surface area contributed by atoms with Crippen LogP contribution < -0.4 is 10.6 Å². The van der Waals surface area contributed by atoms with E-state index in [1.165, 1.54) is 0 Å². The monoisotopic (exact) mass is 209 g/mol. The molecule has 2 N–H and O–H groups in total. The Morgan fingerprint density at radius 3 is 2.71 bits per heavy atom. The van der Waals surface area contributed by atoms with Gasteiger partial charge in [0.25, 0.3) is 0 Å². The Morgan fingerprint density at radius 1 is 1.43 bits per heavy atom. The quantitative estimate of drug-likeness (QED) is 0.731. The minimum atomic E-state index is 0.640. The van der Waals surface area contributed by atoms with Crippen molar-refractivity contribution in [1.29, 1.82) is 0 Å². The maximum atomic E-state index is 5.08. The predicted octanol–water partition coefficient (Wildman–Crippen LogP) is 2.00. The Balaban J connectivity index is 2.72. The van der Waals surface area contributed by atoms with Gasteiger partial charge in [-0.15, -0.1) is 0 Å². The number of nitrogens with one attached hydrogen (secondary N) is 2. The molecule has 1 aromatic heterocycles. The van der Waals surface area contributed by atoms with E-state index in [0.717, 1.165) is 23.6 Å². The summed E-state index contributed by atoms with van der Waals surface area (Å²) in [6, 6.07) is 3.95. The van der Waals surface area contributed by atoms with E-state index < -0.39 is 0 Å². The highest BCUT2D eigenvalue weighted by atomic mass is 32.1. The number of anilines is 1. The van der Waals surface area contributed by atoms with Crippen LogP contribution in [-0.4, -0.2) is 16.6 Å². The molecule has 76 valence electrons. The van der Waals surface area contributed by atoms with Crippen molar-refractivity contribution in [3.63, 3.8) is 0 Å². The maximum Gasteiger partial charge on any atom is 0.170 e. The fraction of sp³-hybridized carbons (Fsp3) is 0.400. The van der Waals surface area contributed by atoms with E-state index in [2.05, 4.69) is 15.6 Å². The summed E-state index contributed by atoms with van der Waals surface area (Å²) in [5, 5.41) is 6.76. The molecule has 0 aliphatic carbocycles. The lowest BCUT2D eigenvalue weighted by Crippen LogP contribution is -2.28.